The molecule has 3 aromatic heterocycles. The number of thiophene rings is 1. The van der Waals surface area contributed by atoms with Gasteiger partial charge in [-0.25, -0.2) is 9.97 Å². The molecule has 1 aliphatic heterocycles. The number of hydrogen-bond donors (Lipinski definition) is 0. The highest BCUT2D eigenvalue weighted by atomic mass is 32.1. The van der Waals surface area contributed by atoms with E-state index in [1.807, 2.05) is 12.1 Å². The molecule has 11 aromatic rings. The highest BCUT2D eigenvalue weighted by Crippen LogP contribution is 2.53. The zero-order chi connectivity index (χ0) is 34.6. The predicted molar refractivity (Wildman–Crippen MR) is 222 cm³/mol. The Balaban J connectivity index is 1.05. The molecule has 8 aromatic carbocycles. The van der Waals surface area contributed by atoms with E-state index in [1.165, 1.54) is 48.7 Å². The maximum Gasteiger partial charge on any atom is 0.160 e. The maximum atomic E-state index is 6.32. The molecule has 12 rings (SSSR count). The lowest BCUT2D eigenvalue weighted by molar-refractivity contribution is 0.669. The second-order valence-electron chi connectivity index (χ2n) is 13.7. The molecule has 4 heterocycles. The van der Waals surface area contributed by atoms with Crippen LogP contribution in [0.25, 0.3) is 97.6 Å². The largest absolute Gasteiger partial charge is 0.456 e. The number of furan rings is 1. The first-order chi connectivity index (χ1) is 26.3. The molecule has 0 spiro atoms. The molecular formula is C48H27N3OS. The van der Waals surface area contributed by atoms with Gasteiger partial charge in [-0.1, -0.05) is 109 Å². The van der Waals surface area contributed by atoms with Crippen molar-refractivity contribution in [3.8, 4) is 33.8 Å². The number of hydrogen-bond acceptors (Lipinski definition) is 5. The van der Waals surface area contributed by atoms with Crippen LogP contribution in [0.1, 0.15) is 0 Å². The quantitative estimate of drug-likeness (QED) is 0.185. The molecule has 0 atom stereocenters. The van der Waals surface area contributed by atoms with Gasteiger partial charge in [0.25, 0.3) is 0 Å². The normalized spacial score (nSPS) is 12.5. The lowest BCUT2D eigenvalue weighted by atomic mass is 9.88. The smallest absolute Gasteiger partial charge is 0.160 e. The molecule has 0 radical (unpaired) electrons. The third-order valence-electron chi connectivity index (χ3n) is 10.8. The van der Waals surface area contributed by atoms with Crippen LogP contribution in [0.5, 0.6) is 0 Å². The van der Waals surface area contributed by atoms with Gasteiger partial charge in [-0.2, -0.15) is 0 Å². The summed E-state index contributed by atoms with van der Waals surface area (Å²) in [5.74, 6) is 0.698. The first-order valence-electron chi connectivity index (χ1n) is 17.8. The van der Waals surface area contributed by atoms with E-state index in [0.717, 1.165) is 60.0 Å². The van der Waals surface area contributed by atoms with Crippen molar-refractivity contribution < 1.29 is 4.42 Å². The van der Waals surface area contributed by atoms with Crippen LogP contribution in [-0.4, -0.2) is 9.97 Å². The van der Waals surface area contributed by atoms with E-state index in [2.05, 4.69) is 157 Å². The first-order valence-corrected chi connectivity index (χ1v) is 18.6. The molecule has 1 aliphatic rings. The second kappa shape index (κ2) is 10.8. The van der Waals surface area contributed by atoms with Crippen molar-refractivity contribution in [1.82, 2.24) is 9.97 Å². The fourth-order valence-corrected chi connectivity index (χ4v) is 9.54. The maximum absolute atomic E-state index is 6.32. The van der Waals surface area contributed by atoms with Crippen LogP contribution in [0.4, 0.5) is 17.1 Å². The minimum absolute atomic E-state index is 0.698. The van der Waals surface area contributed by atoms with Gasteiger partial charge in [0.15, 0.2) is 5.82 Å². The van der Waals surface area contributed by atoms with E-state index >= 15 is 0 Å². The molecule has 0 N–H and O–H groups in total. The molecular weight excluding hydrogens is 667 g/mol. The van der Waals surface area contributed by atoms with Gasteiger partial charge in [0.2, 0.25) is 0 Å². The Hall–Kier alpha value is -6.82. The molecule has 0 saturated carbocycles. The van der Waals surface area contributed by atoms with Crippen LogP contribution in [-0.2, 0) is 0 Å². The fourth-order valence-electron chi connectivity index (χ4n) is 8.38. The summed E-state index contributed by atoms with van der Waals surface area (Å²) in [6.45, 7) is 0. The number of para-hydroxylation sites is 1. The summed E-state index contributed by atoms with van der Waals surface area (Å²) >= 11 is 1.74. The first kappa shape index (κ1) is 28.8. The summed E-state index contributed by atoms with van der Waals surface area (Å²) in [6, 6.07) is 58.4. The van der Waals surface area contributed by atoms with Gasteiger partial charge in [-0.05, 0) is 70.9 Å². The van der Waals surface area contributed by atoms with Crippen molar-refractivity contribution in [3.05, 3.63) is 164 Å². The molecule has 53 heavy (non-hydrogen) atoms. The van der Waals surface area contributed by atoms with E-state index in [-0.39, 0.29) is 0 Å². The SMILES string of the molecule is c1ccc2c3c(ccc2c1)-c1cccc2cccc(c12)N3c1ccc(-c2nc(-c3ccc4c(c3)oc3ccccc34)c3sc4ccccc4c3n2)cc1. The van der Waals surface area contributed by atoms with Crippen molar-refractivity contribution in [2.24, 2.45) is 0 Å². The van der Waals surface area contributed by atoms with Crippen LogP contribution in [0.2, 0.25) is 0 Å². The molecule has 5 heteroatoms. The number of aromatic nitrogens is 2. The summed E-state index contributed by atoms with van der Waals surface area (Å²) < 4.78 is 8.59. The molecule has 0 aliphatic carbocycles. The number of anilines is 3. The highest BCUT2D eigenvalue weighted by molar-refractivity contribution is 7.26. The van der Waals surface area contributed by atoms with Crippen molar-refractivity contribution in [1.29, 1.82) is 0 Å². The van der Waals surface area contributed by atoms with Gasteiger partial charge >= 0.3 is 0 Å². The number of nitrogens with zero attached hydrogens (tertiary/aromatic N) is 3. The summed E-state index contributed by atoms with van der Waals surface area (Å²) in [6.07, 6.45) is 0. The molecule has 0 saturated heterocycles. The molecule has 4 nitrogen and oxygen atoms in total. The van der Waals surface area contributed by atoms with Gasteiger partial charge < -0.3 is 9.32 Å². The van der Waals surface area contributed by atoms with Crippen molar-refractivity contribution >= 4 is 92.2 Å². The molecule has 246 valence electrons. The Kier molecular flexibility index (Phi) is 5.90. The van der Waals surface area contributed by atoms with Gasteiger partial charge in [-0.3, -0.25) is 0 Å². The van der Waals surface area contributed by atoms with Gasteiger partial charge in [0.1, 0.15) is 11.2 Å². The zero-order valence-electron chi connectivity index (χ0n) is 28.2. The van der Waals surface area contributed by atoms with E-state index in [9.17, 15) is 0 Å². The van der Waals surface area contributed by atoms with Gasteiger partial charge in [-0.15, -0.1) is 11.3 Å². The van der Waals surface area contributed by atoms with Crippen LogP contribution in [0.15, 0.2) is 168 Å². The van der Waals surface area contributed by atoms with Crippen molar-refractivity contribution in [3.63, 3.8) is 0 Å². The minimum atomic E-state index is 0.698. The Labute approximate surface area is 307 Å². The lowest BCUT2D eigenvalue weighted by Crippen LogP contribution is -2.15. The van der Waals surface area contributed by atoms with Gasteiger partial charge in [0.05, 0.1) is 27.3 Å². The Morgan fingerprint density at radius 2 is 1.25 bits per heavy atom. The lowest BCUT2D eigenvalue weighted by Gasteiger charge is -2.34. The monoisotopic (exact) mass is 693 g/mol. The van der Waals surface area contributed by atoms with Gasteiger partial charge in [0, 0.05) is 54.0 Å². The average molecular weight is 694 g/mol. The Bertz CT molecular complexity index is 3300. The Morgan fingerprint density at radius 1 is 0.509 bits per heavy atom. The highest BCUT2D eigenvalue weighted by Gasteiger charge is 2.28. The summed E-state index contributed by atoms with van der Waals surface area (Å²) in [7, 11) is 0. The van der Waals surface area contributed by atoms with E-state index < -0.39 is 0 Å². The molecule has 0 fully saturated rings. The molecule has 0 amide bonds. The third kappa shape index (κ3) is 4.17. The second-order valence-corrected chi connectivity index (χ2v) is 14.8. The standard InChI is InChI=1S/C48H27N3OS/c1-2-12-33-28(9-1)21-26-37-36-15-7-10-29-11-8-16-39(43(29)36)51(46(33)37)32-23-19-30(20-24-32)48-49-44(47-45(50-48)38-14-4-6-18-42(38)53-47)31-22-25-35-34-13-3-5-17-40(34)52-41(35)27-31/h1-27H. The van der Waals surface area contributed by atoms with Crippen LogP contribution < -0.4 is 4.90 Å². The van der Waals surface area contributed by atoms with Crippen LogP contribution in [0, 0.1) is 0 Å². The van der Waals surface area contributed by atoms with E-state index in [4.69, 9.17) is 14.4 Å². The topological polar surface area (TPSA) is 42.2 Å². The number of benzene rings is 8. The third-order valence-corrected chi connectivity index (χ3v) is 12.0. The fraction of sp³-hybridized carbons (Fsp3) is 0. The van der Waals surface area contributed by atoms with Crippen LogP contribution >= 0.6 is 11.3 Å². The number of fused-ring (bicyclic) bond motifs is 10. The van der Waals surface area contributed by atoms with Crippen molar-refractivity contribution in [2.75, 3.05) is 4.90 Å². The average Bonchev–Trinajstić information content (AvgIpc) is 3.79. The summed E-state index contributed by atoms with van der Waals surface area (Å²) in [4.78, 5) is 13.0. The zero-order valence-corrected chi connectivity index (χ0v) is 29.1. The van der Waals surface area contributed by atoms with E-state index in [1.54, 1.807) is 11.3 Å². The Morgan fingerprint density at radius 3 is 2.15 bits per heavy atom. The minimum Gasteiger partial charge on any atom is -0.456 e. The summed E-state index contributed by atoms with van der Waals surface area (Å²) in [5.41, 5.74) is 11.6. The summed E-state index contributed by atoms with van der Waals surface area (Å²) in [5, 5.41) is 8.31. The van der Waals surface area contributed by atoms with Crippen molar-refractivity contribution in [2.45, 2.75) is 0 Å². The number of rotatable bonds is 3. The van der Waals surface area contributed by atoms with Crippen LogP contribution in [0.3, 0.4) is 0 Å². The molecule has 0 bridgehead atoms. The molecule has 0 unspecified atom stereocenters. The predicted octanol–water partition coefficient (Wildman–Crippen LogP) is 13.8. The van der Waals surface area contributed by atoms with E-state index in [0.29, 0.717) is 5.82 Å².